The SMILES string of the molecule is CC(=O)c1cc2c(cc1NC(=O)CSc1nccn1C)OCO2. The lowest BCUT2D eigenvalue weighted by Crippen LogP contribution is -2.16. The van der Waals surface area contributed by atoms with Crippen LogP contribution in [0.15, 0.2) is 29.7 Å². The second kappa shape index (κ2) is 6.33. The third kappa shape index (κ3) is 3.31. The van der Waals surface area contributed by atoms with Gasteiger partial charge in [-0.1, -0.05) is 11.8 Å². The molecule has 7 nitrogen and oxygen atoms in total. The van der Waals surface area contributed by atoms with Crippen LogP contribution >= 0.6 is 11.8 Å². The molecule has 0 fully saturated rings. The fourth-order valence-electron chi connectivity index (χ4n) is 2.14. The summed E-state index contributed by atoms with van der Waals surface area (Å²) in [6.45, 7) is 1.55. The Kier molecular flexibility index (Phi) is 4.24. The largest absolute Gasteiger partial charge is 0.454 e. The van der Waals surface area contributed by atoms with Gasteiger partial charge in [-0.3, -0.25) is 9.59 Å². The maximum Gasteiger partial charge on any atom is 0.234 e. The number of rotatable bonds is 5. The number of hydrogen-bond donors (Lipinski definition) is 1. The molecule has 0 aliphatic carbocycles. The number of Topliss-reactive ketones (excluding diaryl/α,β-unsaturated/α-hetero) is 1. The van der Waals surface area contributed by atoms with Crippen molar-refractivity contribution in [1.29, 1.82) is 0 Å². The molecule has 0 radical (unpaired) electrons. The van der Waals surface area contributed by atoms with Crippen LogP contribution in [0, 0.1) is 0 Å². The normalized spacial score (nSPS) is 12.3. The second-order valence-electron chi connectivity index (χ2n) is 4.96. The van der Waals surface area contributed by atoms with Gasteiger partial charge in [-0.15, -0.1) is 0 Å². The van der Waals surface area contributed by atoms with Crippen molar-refractivity contribution in [3.8, 4) is 11.5 Å². The molecule has 1 aromatic carbocycles. The highest BCUT2D eigenvalue weighted by atomic mass is 32.2. The highest BCUT2D eigenvalue weighted by Crippen LogP contribution is 2.37. The van der Waals surface area contributed by atoms with Crippen molar-refractivity contribution in [3.05, 3.63) is 30.1 Å². The highest BCUT2D eigenvalue weighted by Gasteiger charge is 2.20. The number of thioether (sulfide) groups is 1. The summed E-state index contributed by atoms with van der Waals surface area (Å²) in [6.07, 6.45) is 3.48. The molecule has 2 aromatic rings. The first-order valence-corrected chi connectivity index (χ1v) is 7.87. The van der Waals surface area contributed by atoms with Gasteiger partial charge in [0.15, 0.2) is 22.4 Å². The predicted molar refractivity (Wildman–Crippen MR) is 85.1 cm³/mol. The van der Waals surface area contributed by atoms with Gasteiger partial charge in [0.2, 0.25) is 12.7 Å². The Morgan fingerprint density at radius 3 is 2.74 bits per heavy atom. The summed E-state index contributed by atoms with van der Waals surface area (Å²) in [4.78, 5) is 28.1. The number of benzene rings is 1. The lowest BCUT2D eigenvalue weighted by atomic mass is 10.1. The van der Waals surface area contributed by atoms with Crippen molar-refractivity contribution in [2.24, 2.45) is 7.05 Å². The molecule has 3 rings (SSSR count). The number of aromatic nitrogens is 2. The number of nitrogens with zero attached hydrogens (tertiary/aromatic N) is 2. The smallest absolute Gasteiger partial charge is 0.234 e. The quantitative estimate of drug-likeness (QED) is 0.666. The Hall–Kier alpha value is -2.48. The molecule has 1 amide bonds. The van der Waals surface area contributed by atoms with E-state index in [0.29, 0.717) is 22.7 Å². The Morgan fingerprint density at radius 1 is 1.35 bits per heavy atom. The summed E-state index contributed by atoms with van der Waals surface area (Å²) in [5.74, 6) is 0.837. The van der Waals surface area contributed by atoms with Gasteiger partial charge in [0, 0.05) is 31.1 Å². The summed E-state index contributed by atoms with van der Waals surface area (Å²) in [6, 6.07) is 3.20. The van der Waals surface area contributed by atoms with Crippen molar-refractivity contribution < 1.29 is 19.1 Å². The number of anilines is 1. The van der Waals surface area contributed by atoms with E-state index in [1.165, 1.54) is 18.7 Å². The second-order valence-corrected chi connectivity index (χ2v) is 5.91. The zero-order chi connectivity index (χ0) is 16.4. The third-order valence-electron chi connectivity index (χ3n) is 3.28. The Balaban J connectivity index is 1.73. The molecule has 0 bridgehead atoms. The molecular weight excluding hydrogens is 318 g/mol. The fraction of sp³-hybridized carbons (Fsp3) is 0.267. The molecule has 1 aliphatic rings. The van der Waals surface area contributed by atoms with Gasteiger partial charge in [0.25, 0.3) is 0 Å². The molecule has 0 spiro atoms. The van der Waals surface area contributed by atoms with E-state index in [0.717, 1.165) is 5.16 Å². The average molecular weight is 333 g/mol. The molecule has 0 saturated heterocycles. The molecule has 0 saturated carbocycles. The maximum atomic E-state index is 12.1. The van der Waals surface area contributed by atoms with Crippen LogP contribution in [0.5, 0.6) is 11.5 Å². The molecule has 2 heterocycles. The number of imidazole rings is 1. The van der Waals surface area contributed by atoms with Crippen LogP contribution < -0.4 is 14.8 Å². The first-order chi connectivity index (χ1) is 11.0. The number of carbonyl (C=O) groups is 2. The zero-order valence-electron chi connectivity index (χ0n) is 12.7. The van der Waals surface area contributed by atoms with E-state index >= 15 is 0 Å². The monoisotopic (exact) mass is 333 g/mol. The van der Waals surface area contributed by atoms with Crippen molar-refractivity contribution >= 4 is 29.1 Å². The number of amides is 1. The Bertz CT molecular complexity index is 772. The van der Waals surface area contributed by atoms with Crippen LogP contribution in [0.3, 0.4) is 0 Å². The Morgan fingerprint density at radius 2 is 2.09 bits per heavy atom. The van der Waals surface area contributed by atoms with Gasteiger partial charge in [-0.2, -0.15) is 0 Å². The van der Waals surface area contributed by atoms with Crippen molar-refractivity contribution in [1.82, 2.24) is 9.55 Å². The van der Waals surface area contributed by atoms with Gasteiger partial charge < -0.3 is 19.4 Å². The lowest BCUT2D eigenvalue weighted by Gasteiger charge is -2.10. The molecule has 0 atom stereocenters. The molecule has 8 heteroatoms. The van der Waals surface area contributed by atoms with Crippen LogP contribution in [0.2, 0.25) is 0 Å². The van der Waals surface area contributed by atoms with E-state index in [4.69, 9.17) is 9.47 Å². The van der Waals surface area contributed by atoms with Crippen LogP contribution in [-0.2, 0) is 11.8 Å². The summed E-state index contributed by atoms with van der Waals surface area (Å²) >= 11 is 1.32. The van der Waals surface area contributed by atoms with Gasteiger partial charge in [-0.25, -0.2) is 4.98 Å². The fourth-order valence-corrected chi connectivity index (χ4v) is 2.88. The topological polar surface area (TPSA) is 82.5 Å². The van der Waals surface area contributed by atoms with Gasteiger partial charge in [-0.05, 0) is 13.0 Å². The van der Waals surface area contributed by atoms with Crippen LogP contribution in [0.25, 0.3) is 0 Å². The number of fused-ring (bicyclic) bond motifs is 1. The van der Waals surface area contributed by atoms with Crippen molar-refractivity contribution in [3.63, 3.8) is 0 Å². The van der Waals surface area contributed by atoms with E-state index in [-0.39, 0.29) is 24.2 Å². The van der Waals surface area contributed by atoms with Crippen LogP contribution in [0.4, 0.5) is 5.69 Å². The molecule has 1 aliphatic heterocycles. The molecule has 1 aromatic heterocycles. The van der Waals surface area contributed by atoms with E-state index in [1.807, 2.05) is 17.8 Å². The van der Waals surface area contributed by atoms with Crippen LogP contribution in [-0.4, -0.2) is 33.8 Å². The standard InChI is InChI=1S/C15H15N3O4S/c1-9(19)10-5-12-13(22-8-21-12)6-11(10)17-14(20)7-23-15-16-3-4-18(15)2/h3-6H,7-8H2,1-2H3,(H,17,20). The summed E-state index contributed by atoms with van der Waals surface area (Å²) in [7, 11) is 1.86. The summed E-state index contributed by atoms with van der Waals surface area (Å²) in [5, 5.41) is 3.50. The predicted octanol–water partition coefficient (Wildman–Crippen LogP) is 2.08. The van der Waals surface area contributed by atoms with E-state index in [1.54, 1.807) is 18.3 Å². The number of ether oxygens (including phenoxy) is 2. The minimum atomic E-state index is -0.223. The van der Waals surface area contributed by atoms with Crippen molar-refractivity contribution in [2.75, 3.05) is 17.9 Å². The van der Waals surface area contributed by atoms with Gasteiger partial charge in [0.05, 0.1) is 11.4 Å². The first kappa shape index (κ1) is 15.4. The van der Waals surface area contributed by atoms with Gasteiger partial charge in [0.1, 0.15) is 0 Å². The van der Waals surface area contributed by atoms with E-state index in [9.17, 15) is 9.59 Å². The number of ketones is 1. The summed E-state index contributed by atoms with van der Waals surface area (Å²) in [5.41, 5.74) is 0.816. The van der Waals surface area contributed by atoms with E-state index < -0.39 is 0 Å². The molecular formula is C15H15N3O4S. The maximum absolute atomic E-state index is 12.1. The minimum absolute atomic E-state index is 0.110. The van der Waals surface area contributed by atoms with Crippen LogP contribution in [0.1, 0.15) is 17.3 Å². The lowest BCUT2D eigenvalue weighted by molar-refractivity contribution is -0.113. The highest BCUT2D eigenvalue weighted by molar-refractivity contribution is 7.99. The Labute approximate surface area is 137 Å². The third-order valence-corrected chi connectivity index (χ3v) is 4.33. The number of nitrogens with one attached hydrogen (secondary N) is 1. The number of carbonyl (C=O) groups excluding carboxylic acids is 2. The molecule has 23 heavy (non-hydrogen) atoms. The van der Waals surface area contributed by atoms with E-state index in [2.05, 4.69) is 10.3 Å². The average Bonchev–Trinajstić information content (AvgIpc) is 3.12. The van der Waals surface area contributed by atoms with Crippen molar-refractivity contribution in [2.45, 2.75) is 12.1 Å². The molecule has 1 N–H and O–H groups in total. The molecule has 0 unspecified atom stereocenters. The summed E-state index contributed by atoms with van der Waals surface area (Å²) < 4.78 is 12.4. The molecule has 120 valence electrons. The zero-order valence-corrected chi connectivity index (χ0v) is 13.5. The first-order valence-electron chi connectivity index (χ1n) is 6.89. The number of aryl methyl sites for hydroxylation is 1. The van der Waals surface area contributed by atoms with Gasteiger partial charge >= 0.3 is 0 Å². The number of hydrogen-bond acceptors (Lipinski definition) is 6. The minimum Gasteiger partial charge on any atom is -0.454 e.